The van der Waals surface area contributed by atoms with E-state index in [-0.39, 0.29) is 17.0 Å². The van der Waals surface area contributed by atoms with Gasteiger partial charge in [0.25, 0.3) is 0 Å². The molecule has 1 aromatic heterocycles. The monoisotopic (exact) mass is 494 g/mol. The fourth-order valence-corrected chi connectivity index (χ4v) is 3.67. The van der Waals surface area contributed by atoms with Gasteiger partial charge in [-0.1, -0.05) is 34.1 Å². The van der Waals surface area contributed by atoms with Gasteiger partial charge in [0.1, 0.15) is 5.75 Å². The van der Waals surface area contributed by atoms with E-state index in [0.29, 0.717) is 13.2 Å². The van der Waals surface area contributed by atoms with Crippen LogP contribution in [0.4, 0.5) is 5.69 Å². The van der Waals surface area contributed by atoms with Gasteiger partial charge in [0.15, 0.2) is 4.80 Å². The molecule has 3 aromatic rings. The Morgan fingerprint density at radius 1 is 1.15 bits per heavy atom. The molecule has 1 heterocycles. The van der Waals surface area contributed by atoms with E-state index in [9.17, 15) is 0 Å². The molecule has 0 amide bonds. The van der Waals surface area contributed by atoms with Crippen LogP contribution in [-0.2, 0) is 6.54 Å². The van der Waals surface area contributed by atoms with Crippen molar-refractivity contribution in [2.24, 2.45) is 4.99 Å². The van der Waals surface area contributed by atoms with Gasteiger partial charge in [-0.2, -0.15) is 0 Å². The zero-order chi connectivity index (χ0) is 17.6. The van der Waals surface area contributed by atoms with E-state index in [1.807, 2.05) is 37.3 Å². The normalized spacial score (nSPS) is 11.1. The zero-order valence-corrected chi connectivity index (χ0v) is 18.5. The number of thiazole rings is 1. The van der Waals surface area contributed by atoms with Crippen LogP contribution < -0.4 is 9.54 Å². The molecule has 3 nitrogen and oxygen atoms in total. The molecule has 0 spiro atoms. The Balaban J connectivity index is 0.00000243. The first-order chi connectivity index (χ1) is 12.2. The second-order valence-electron chi connectivity index (χ2n) is 5.35. The summed E-state index contributed by atoms with van der Waals surface area (Å²) in [5, 5.41) is 2.14. The lowest BCUT2D eigenvalue weighted by Crippen LogP contribution is -2.14. The van der Waals surface area contributed by atoms with Gasteiger partial charge in [-0.05, 0) is 48.9 Å². The predicted molar refractivity (Wildman–Crippen MR) is 119 cm³/mol. The van der Waals surface area contributed by atoms with E-state index in [0.717, 1.165) is 32.0 Å². The van der Waals surface area contributed by atoms with E-state index in [1.54, 1.807) is 11.3 Å². The van der Waals surface area contributed by atoms with Crippen LogP contribution in [0, 0.1) is 0 Å². The molecule has 0 saturated carbocycles. The molecule has 0 aliphatic carbocycles. The van der Waals surface area contributed by atoms with E-state index in [4.69, 9.17) is 9.73 Å². The second-order valence-corrected chi connectivity index (χ2v) is 7.10. The standard InChI is InChI=1S/C20H19BrN2OS.BrH/c1-3-13-23-19(15-5-7-16(21)8-6-15)14-25-20(23)22-17-9-11-18(12-10-17)24-4-2;/h3,5-12,14H,1,4,13H2,2H3;1H. The number of benzene rings is 2. The average Bonchev–Trinajstić information content (AvgIpc) is 3.01. The Bertz CT molecular complexity index is 912. The molecule has 0 bridgehead atoms. The molecule has 0 N–H and O–H groups in total. The molecule has 0 saturated heterocycles. The smallest absolute Gasteiger partial charge is 0.190 e. The summed E-state index contributed by atoms with van der Waals surface area (Å²) < 4.78 is 8.73. The molecule has 2 aromatic carbocycles. The molecule has 0 unspecified atom stereocenters. The summed E-state index contributed by atoms with van der Waals surface area (Å²) in [5.41, 5.74) is 3.21. The third kappa shape index (κ3) is 4.96. The van der Waals surface area contributed by atoms with Crippen LogP contribution in [0.3, 0.4) is 0 Å². The van der Waals surface area contributed by atoms with E-state index in [2.05, 4.69) is 56.7 Å². The molecule has 0 fully saturated rings. The number of rotatable bonds is 6. The molecule has 0 atom stereocenters. The van der Waals surface area contributed by atoms with Crippen LogP contribution in [-0.4, -0.2) is 11.2 Å². The highest BCUT2D eigenvalue weighted by molar-refractivity contribution is 9.10. The number of hydrogen-bond acceptors (Lipinski definition) is 3. The summed E-state index contributed by atoms with van der Waals surface area (Å²) in [4.78, 5) is 5.74. The second kappa shape index (κ2) is 9.90. The minimum absolute atomic E-state index is 0. The third-order valence-corrected chi connectivity index (χ3v) is 5.01. The van der Waals surface area contributed by atoms with E-state index in [1.165, 1.54) is 0 Å². The highest BCUT2D eigenvalue weighted by atomic mass is 79.9. The lowest BCUT2D eigenvalue weighted by molar-refractivity contribution is 0.340. The maximum Gasteiger partial charge on any atom is 0.190 e. The van der Waals surface area contributed by atoms with E-state index >= 15 is 0 Å². The van der Waals surface area contributed by atoms with Gasteiger partial charge in [-0.25, -0.2) is 4.99 Å². The van der Waals surface area contributed by atoms with Gasteiger partial charge in [0, 0.05) is 16.4 Å². The lowest BCUT2D eigenvalue weighted by Gasteiger charge is -2.07. The van der Waals surface area contributed by atoms with Crippen LogP contribution in [0.2, 0.25) is 0 Å². The Labute approximate surface area is 176 Å². The SMILES string of the molecule is Br.C=CCn1c(-c2ccc(Br)cc2)csc1=Nc1ccc(OCC)cc1. The van der Waals surface area contributed by atoms with Crippen molar-refractivity contribution in [3.63, 3.8) is 0 Å². The lowest BCUT2D eigenvalue weighted by atomic mass is 10.2. The van der Waals surface area contributed by atoms with Crippen molar-refractivity contribution in [3.8, 4) is 17.0 Å². The van der Waals surface area contributed by atoms with Gasteiger partial charge in [0.2, 0.25) is 0 Å². The minimum atomic E-state index is 0. The predicted octanol–water partition coefficient (Wildman–Crippen LogP) is 6.37. The number of ether oxygens (including phenoxy) is 1. The first-order valence-electron chi connectivity index (χ1n) is 8.04. The molecule has 0 aliphatic heterocycles. The molecule has 0 radical (unpaired) electrons. The summed E-state index contributed by atoms with van der Waals surface area (Å²) in [7, 11) is 0. The summed E-state index contributed by atoms with van der Waals surface area (Å²) >= 11 is 5.11. The van der Waals surface area contributed by atoms with Gasteiger partial charge >= 0.3 is 0 Å². The van der Waals surface area contributed by atoms with Gasteiger partial charge in [0.05, 0.1) is 18.0 Å². The van der Waals surface area contributed by atoms with Crippen molar-refractivity contribution in [1.29, 1.82) is 0 Å². The number of hydrogen-bond donors (Lipinski definition) is 0. The minimum Gasteiger partial charge on any atom is -0.494 e. The molecule has 136 valence electrons. The largest absolute Gasteiger partial charge is 0.494 e. The van der Waals surface area contributed by atoms with Crippen molar-refractivity contribution in [2.75, 3.05) is 6.61 Å². The van der Waals surface area contributed by atoms with Crippen LogP contribution in [0.1, 0.15) is 6.92 Å². The molecular formula is C20H20Br2N2OS. The van der Waals surface area contributed by atoms with Crippen molar-refractivity contribution in [1.82, 2.24) is 4.57 Å². The van der Waals surface area contributed by atoms with Crippen molar-refractivity contribution < 1.29 is 4.74 Å². The quantitative estimate of drug-likeness (QED) is 0.364. The first-order valence-corrected chi connectivity index (χ1v) is 9.71. The van der Waals surface area contributed by atoms with Gasteiger partial charge < -0.3 is 9.30 Å². The van der Waals surface area contributed by atoms with Crippen LogP contribution >= 0.6 is 44.2 Å². The number of nitrogens with zero attached hydrogens (tertiary/aromatic N) is 2. The molecular weight excluding hydrogens is 476 g/mol. The number of halogens is 2. The maximum atomic E-state index is 5.48. The number of allylic oxidation sites excluding steroid dienone is 1. The van der Waals surface area contributed by atoms with Gasteiger partial charge in [-0.15, -0.1) is 34.9 Å². The fraction of sp³-hybridized carbons (Fsp3) is 0.150. The van der Waals surface area contributed by atoms with Crippen LogP contribution in [0.25, 0.3) is 11.3 Å². The van der Waals surface area contributed by atoms with Crippen molar-refractivity contribution in [3.05, 3.63) is 75.8 Å². The maximum absolute atomic E-state index is 5.48. The summed E-state index contributed by atoms with van der Waals surface area (Å²) in [6.07, 6.45) is 1.90. The Morgan fingerprint density at radius 2 is 1.85 bits per heavy atom. The highest BCUT2D eigenvalue weighted by Crippen LogP contribution is 2.23. The van der Waals surface area contributed by atoms with E-state index < -0.39 is 0 Å². The molecule has 6 heteroatoms. The Kier molecular flexibility index (Phi) is 7.87. The summed E-state index contributed by atoms with van der Waals surface area (Å²) in [5.74, 6) is 0.863. The summed E-state index contributed by atoms with van der Waals surface area (Å²) in [6, 6.07) is 16.2. The van der Waals surface area contributed by atoms with Crippen molar-refractivity contribution >= 4 is 49.9 Å². The molecule has 0 aliphatic rings. The topological polar surface area (TPSA) is 26.5 Å². The Hall–Kier alpha value is -1.63. The first kappa shape index (κ1) is 20.7. The average molecular weight is 496 g/mol. The van der Waals surface area contributed by atoms with Crippen molar-refractivity contribution in [2.45, 2.75) is 13.5 Å². The zero-order valence-electron chi connectivity index (χ0n) is 14.4. The highest BCUT2D eigenvalue weighted by Gasteiger charge is 2.07. The van der Waals surface area contributed by atoms with Crippen LogP contribution in [0.5, 0.6) is 5.75 Å². The van der Waals surface area contributed by atoms with Crippen LogP contribution in [0.15, 0.2) is 76.0 Å². The third-order valence-electron chi connectivity index (χ3n) is 3.62. The number of aromatic nitrogens is 1. The summed E-state index contributed by atoms with van der Waals surface area (Å²) in [6.45, 7) is 7.24. The van der Waals surface area contributed by atoms with Gasteiger partial charge in [-0.3, -0.25) is 0 Å². The molecule has 26 heavy (non-hydrogen) atoms. The molecule has 3 rings (SSSR count). The Morgan fingerprint density at radius 3 is 2.46 bits per heavy atom. The fourth-order valence-electron chi connectivity index (χ4n) is 2.47.